The fourth-order valence-electron chi connectivity index (χ4n) is 3.03. The maximum atomic E-state index is 5.48. The average Bonchev–Trinajstić information content (AvgIpc) is 2.56. The molecule has 0 saturated carbocycles. The van der Waals surface area contributed by atoms with E-state index in [9.17, 15) is 0 Å². The summed E-state index contributed by atoms with van der Waals surface area (Å²) in [5.41, 5.74) is 4.93. The van der Waals surface area contributed by atoms with E-state index in [1.807, 2.05) is 18.2 Å². The van der Waals surface area contributed by atoms with Gasteiger partial charge in [-0.2, -0.15) is 0 Å². The fourth-order valence-corrected chi connectivity index (χ4v) is 3.29. The lowest BCUT2D eigenvalue weighted by Gasteiger charge is -2.28. The highest BCUT2D eigenvalue weighted by Crippen LogP contribution is 2.32. The van der Waals surface area contributed by atoms with Gasteiger partial charge in [0.15, 0.2) is 5.11 Å². The van der Waals surface area contributed by atoms with Crippen LogP contribution in [-0.2, 0) is 6.42 Å². The zero-order valence-corrected chi connectivity index (χ0v) is 14.4. The zero-order valence-electron chi connectivity index (χ0n) is 13.6. The Hall–Kier alpha value is -2.07. The summed E-state index contributed by atoms with van der Waals surface area (Å²) >= 11 is 5.48. The largest absolute Gasteiger partial charge is 0.497 e. The molecule has 3 rings (SSSR count). The highest BCUT2D eigenvalue weighted by molar-refractivity contribution is 7.80. The molecule has 1 atom stereocenters. The summed E-state index contributed by atoms with van der Waals surface area (Å²) in [6.07, 6.45) is 3.35. The summed E-state index contributed by atoms with van der Waals surface area (Å²) in [6, 6.07) is 14.8. The van der Waals surface area contributed by atoms with E-state index >= 15 is 0 Å². The molecule has 0 spiro atoms. The number of methoxy groups -OCH3 is 1. The summed E-state index contributed by atoms with van der Waals surface area (Å²) in [4.78, 5) is 0. The Morgan fingerprint density at radius 3 is 2.70 bits per heavy atom. The minimum atomic E-state index is 0.259. The van der Waals surface area contributed by atoms with Gasteiger partial charge in [-0.1, -0.05) is 23.8 Å². The molecule has 0 unspecified atom stereocenters. The molecule has 0 amide bonds. The van der Waals surface area contributed by atoms with Gasteiger partial charge < -0.3 is 15.4 Å². The first-order valence-electron chi connectivity index (χ1n) is 7.97. The van der Waals surface area contributed by atoms with E-state index in [0.717, 1.165) is 30.7 Å². The van der Waals surface area contributed by atoms with Crippen molar-refractivity contribution < 1.29 is 4.74 Å². The van der Waals surface area contributed by atoms with Crippen molar-refractivity contribution in [2.75, 3.05) is 12.4 Å². The summed E-state index contributed by atoms with van der Waals surface area (Å²) in [5, 5.41) is 7.39. The Bertz CT molecular complexity index is 697. The molecule has 3 nitrogen and oxygen atoms in total. The number of aryl methyl sites for hydroxylation is 2. The Morgan fingerprint density at radius 2 is 1.96 bits per heavy atom. The summed E-state index contributed by atoms with van der Waals surface area (Å²) in [6.45, 7) is 2.08. The van der Waals surface area contributed by atoms with E-state index in [1.54, 1.807) is 7.11 Å². The third-order valence-corrected chi connectivity index (χ3v) is 4.50. The van der Waals surface area contributed by atoms with Crippen LogP contribution in [0.2, 0.25) is 0 Å². The van der Waals surface area contributed by atoms with Crippen molar-refractivity contribution in [1.82, 2.24) is 5.32 Å². The molecule has 4 heteroatoms. The van der Waals surface area contributed by atoms with Crippen molar-refractivity contribution >= 4 is 23.0 Å². The second kappa shape index (κ2) is 7.01. The molecule has 1 aliphatic carbocycles. The van der Waals surface area contributed by atoms with Crippen LogP contribution in [0, 0.1) is 6.92 Å². The minimum Gasteiger partial charge on any atom is -0.497 e. The lowest BCUT2D eigenvalue weighted by molar-refractivity contribution is 0.412. The third-order valence-electron chi connectivity index (χ3n) is 4.28. The topological polar surface area (TPSA) is 33.3 Å². The molecular formula is C19H22N2OS. The van der Waals surface area contributed by atoms with Gasteiger partial charge in [0.25, 0.3) is 0 Å². The molecule has 2 aromatic carbocycles. The van der Waals surface area contributed by atoms with Gasteiger partial charge in [-0.05, 0) is 73.8 Å². The molecule has 0 fully saturated rings. The van der Waals surface area contributed by atoms with Crippen LogP contribution in [0.3, 0.4) is 0 Å². The first-order valence-corrected chi connectivity index (χ1v) is 8.37. The maximum absolute atomic E-state index is 5.48. The Morgan fingerprint density at radius 1 is 1.17 bits per heavy atom. The lowest BCUT2D eigenvalue weighted by Crippen LogP contribution is -2.34. The molecule has 23 heavy (non-hydrogen) atoms. The van der Waals surface area contributed by atoms with Crippen molar-refractivity contribution in [1.29, 1.82) is 0 Å². The normalized spacial score (nSPS) is 16.3. The highest BCUT2D eigenvalue weighted by atomic mass is 32.1. The van der Waals surface area contributed by atoms with E-state index in [0.29, 0.717) is 5.11 Å². The standard InChI is InChI=1S/C19H22N2OS/c1-13-6-8-15(9-7-13)20-19(23)21-18-5-3-4-14-12-16(22-2)10-11-17(14)18/h6-12,18H,3-5H2,1-2H3,(H2,20,21,23)/t18-/m1/s1. The molecule has 0 aromatic heterocycles. The van der Waals surface area contributed by atoms with Crippen LogP contribution in [0.15, 0.2) is 42.5 Å². The molecule has 0 radical (unpaired) electrons. The molecule has 0 bridgehead atoms. The smallest absolute Gasteiger partial charge is 0.171 e. The van der Waals surface area contributed by atoms with Crippen molar-refractivity contribution in [2.45, 2.75) is 32.2 Å². The summed E-state index contributed by atoms with van der Waals surface area (Å²) in [7, 11) is 1.71. The van der Waals surface area contributed by atoms with E-state index in [4.69, 9.17) is 17.0 Å². The molecule has 2 N–H and O–H groups in total. The zero-order chi connectivity index (χ0) is 16.2. The first-order chi connectivity index (χ1) is 11.2. The van der Waals surface area contributed by atoms with Crippen LogP contribution in [-0.4, -0.2) is 12.2 Å². The van der Waals surface area contributed by atoms with Crippen LogP contribution >= 0.6 is 12.2 Å². The Kier molecular flexibility index (Phi) is 4.82. The Labute approximate surface area is 143 Å². The van der Waals surface area contributed by atoms with E-state index in [2.05, 4.69) is 41.8 Å². The molecule has 120 valence electrons. The van der Waals surface area contributed by atoms with E-state index in [1.165, 1.54) is 16.7 Å². The van der Waals surface area contributed by atoms with Gasteiger partial charge >= 0.3 is 0 Å². The number of nitrogens with one attached hydrogen (secondary N) is 2. The number of hydrogen-bond donors (Lipinski definition) is 2. The number of rotatable bonds is 3. The molecule has 0 heterocycles. The van der Waals surface area contributed by atoms with Crippen LogP contribution in [0.4, 0.5) is 5.69 Å². The van der Waals surface area contributed by atoms with Gasteiger partial charge in [0.05, 0.1) is 13.2 Å². The van der Waals surface area contributed by atoms with Gasteiger partial charge in [-0.3, -0.25) is 0 Å². The maximum Gasteiger partial charge on any atom is 0.171 e. The quantitative estimate of drug-likeness (QED) is 0.821. The van der Waals surface area contributed by atoms with Crippen molar-refractivity contribution in [3.05, 3.63) is 59.2 Å². The number of fused-ring (bicyclic) bond motifs is 1. The second-order valence-corrected chi connectivity index (χ2v) is 6.38. The van der Waals surface area contributed by atoms with Gasteiger partial charge in [0.2, 0.25) is 0 Å². The highest BCUT2D eigenvalue weighted by Gasteiger charge is 2.21. The van der Waals surface area contributed by atoms with Gasteiger partial charge in [-0.25, -0.2) is 0 Å². The van der Waals surface area contributed by atoms with Crippen LogP contribution in [0.25, 0.3) is 0 Å². The summed E-state index contributed by atoms with van der Waals surface area (Å²) in [5.74, 6) is 0.921. The van der Waals surface area contributed by atoms with E-state index < -0.39 is 0 Å². The number of thiocarbonyl (C=S) groups is 1. The van der Waals surface area contributed by atoms with Gasteiger partial charge in [-0.15, -0.1) is 0 Å². The first kappa shape index (κ1) is 15.8. The third kappa shape index (κ3) is 3.82. The van der Waals surface area contributed by atoms with Crippen LogP contribution < -0.4 is 15.4 Å². The number of benzene rings is 2. The SMILES string of the molecule is COc1ccc2c(c1)CCC[C@H]2NC(=S)Nc1ccc(C)cc1. The van der Waals surface area contributed by atoms with Crippen molar-refractivity contribution in [2.24, 2.45) is 0 Å². The lowest BCUT2D eigenvalue weighted by atomic mass is 9.87. The van der Waals surface area contributed by atoms with Gasteiger partial charge in [0, 0.05) is 5.69 Å². The monoisotopic (exact) mass is 326 g/mol. The Balaban J connectivity index is 1.69. The molecule has 0 aliphatic heterocycles. The van der Waals surface area contributed by atoms with E-state index in [-0.39, 0.29) is 6.04 Å². The fraction of sp³-hybridized carbons (Fsp3) is 0.316. The number of hydrogen-bond acceptors (Lipinski definition) is 2. The van der Waals surface area contributed by atoms with Gasteiger partial charge in [0.1, 0.15) is 5.75 Å². The average molecular weight is 326 g/mol. The molecular weight excluding hydrogens is 304 g/mol. The number of anilines is 1. The molecule has 1 aliphatic rings. The van der Waals surface area contributed by atoms with Crippen molar-refractivity contribution in [3.63, 3.8) is 0 Å². The van der Waals surface area contributed by atoms with Crippen LogP contribution in [0.1, 0.15) is 35.6 Å². The summed E-state index contributed by atoms with van der Waals surface area (Å²) < 4.78 is 5.33. The predicted octanol–water partition coefficient (Wildman–Crippen LogP) is 4.37. The van der Waals surface area contributed by atoms with Crippen LogP contribution in [0.5, 0.6) is 5.75 Å². The predicted molar refractivity (Wildman–Crippen MR) is 99.2 cm³/mol. The van der Waals surface area contributed by atoms with Crippen molar-refractivity contribution in [3.8, 4) is 5.75 Å². The molecule has 0 saturated heterocycles. The molecule has 2 aromatic rings. The minimum absolute atomic E-state index is 0.259. The number of ether oxygens (including phenoxy) is 1. The second-order valence-electron chi connectivity index (χ2n) is 5.97.